The summed E-state index contributed by atoms with van der Waals surface area (Å²) in [6.07, 6.45) is 4.16. The van der Waals surface area contributed by atoms with Crippen molar-refractivity contribution in [2.45, 2.75) is 39.5 Å². The maximum Gasteiger partial charge on any atom is 0.0507 e. The van der Waals surface area contributed by atoms with Crippen LogP contribution in [0.1, 0.15) is 49.1 Å². The third-order valence-corrected chi connectivity index (χ3v) is 3.52. The summed E-state index contributed by atoms with van der Waals surface area (Å²) in [5.41, 5.74) is 5.59. The zero-order valence-electron chi connectivity index (χ0n) is 11.5. The van der Waals surface area contributed by atoms with Crippen LogP contribution < -0.4 is 0 Å². The van der Waals surface area contributed by atoms with Gasteiger partial charge < -0.3 is 0 Å². The van der Waals surface area contributed by atoms with Crippen LogP contribution in [0, 0.1) is 0 Å². The number of hydrogen-bond donors (Lipinski definition) is 0. The van der Waals surface area contributed by atoms with Crippen molar-refractivity contribution < 1.29 is 0 Å². The fraction of sp³-hybridized carbons (Fsp3) is 0.353. The Hall–Kier alpha value is -1.63. The van der Waals surface area contributed by atoms with Gasteiger partial charge in [-0.15, -0.1) is 0 Å². The highest BCUT2D eigenvalue weighted by molar-refractivity contribution is 5.41. The Morgan fingerprint density at radius 1 is 0.944 bits per heavy atom. The molecule has 18 heavy (non-hydrogen) atoms. The number of benzene rings is 1. The van der Waals surface area contributed by atoms with E-state index in [1.165, 1.54) is 22.4 Å². The molecule has 0 radical (unpaired) electrons. The van der Waals surface area contributed by atoms with Crippen LogP contribution in [0.4, 0.5) is 0 Å². The lowest BCUT2D eigenvalue weighted by molar-refractivity contribution is 0.860. The Balaban J connectivity index is 0.000000574. The SMILES string of the molecule is CC.C[C@@H]1c2ccccc2CCc2cccnc21. The quantitative estimate of drug-likeness (QED) is 0.665. The molecule has 1 aromatic carbocycles. The molecule has 0 saturated heterocycles. The summed E-state index contributed by atoms with van der Waals surface area (Å²) in [7, 11) is 0. The first-order chi connectivity index (χ1) is 8.86. The van der Waals surface area contributed by atoms with E-state index in [2.05, 4.69) is 42.2 Å². The van der Waals surface area contributed by atoms with Gasteiger partial charge in [0, 0.05) is 12.1 Å². The van der Waals surface area contributed by atoms with Crippen molar-refractivity contribution in [2.75, 3.05) is 0 Å². The van der Waals surface area contributed by atoms with Crippen LogP contribution >= 0.6 is 0 Å². The normalized spacial score (nSPS) is 16.7. The summed E-state index contributed by atoms with van der Waals surface area (Å²) in [6.45, 7) is 6.26. The van der Waals surface area contributed by atoms with Crippen LogP contribution in [0.3, 0.4) is 0 Å². The molecule has 0 saturated carbocycles. The zero-order valence-corrected chi connectivity index (χ0v) is 11.5. The Kier molecular flexibility index (Phi) is 4.14. The number of hydrogen-bond acceptors (Lipinski definition) is 1. The standard InChI is InChI=1S/C15H15N.C2H6/c1-11-14-7-3-2-5-12(14)8-9-13-6-4-10-16-15(11)13;1-2/h2-7,10-11H,8-9H2,1H3;1-2H3/t11-;/m1./s1. The van der Waals surface area contributed by atoms with Crippen molar-refractivity contribution in [3.63, 3.8) is 0 Å². The molecule has 1 nitrogen and oxygen atoms in total. The van der Waals surface area contributed by atoms with E-state index in [1.54, 1.807) is 0 Å². The average molecular weight is 239 g/mol. The van der Waals surface area contributed by atoms with E-state index < -0.39 is 0 Å². The van der Waals surface area contributed by atoms with Crippen molar-refractivity contribution in [1.29, 1.82) is 0 Å². The molecule has 1 aliphatic rings. The molecule has 0 unspecified atom stereocenters. The Bertz CT molecular complexity index is 469. The molecule has 0 spiro atoms. The lowest BCUT2D eigenvalue weighted by Gasteiger charge is -2.13. The van der Waals surface area contributed by atoms with Gasteiger partial charge in [-0.1, -0.05) is 51.1 Å². The lowest BCUT2D eigenvalue weighted by Crippen LogP contribution is -2.01. The predicted octanol–water partition coefficient (Wildman–Crippen LogP) is 4.36. The minimum Gasteiger partial charge on any atom is -0.260 e. The number of aryl methyl sites for hydroxylation is 2. The number of rotatable bonds is 0. The van der Waals surface area contributed by atoms with E-state index in [1.807, 2.05) is 26.1 Å². The van der Waals surface area contributed by atoms with Crippen LogP contribution in [0.5, 0.6) is 0 Å². The highest BCUT2D eigenvalue weighted by Gasteiger charge is 2.20. The van der Waals surface area contributed by atoms with Gasteiger partial charge in [-0.25, -0.2) is 0 Å². The van der Waals surface area contributed by atoms with E-state index in [9.17, 15) is 0 Å². The van der Waals surface area contributed by atoms with Crippen LogP contribution in [0.25, 0.3) is 0 Å². The molecule has 3 rings (SSSR count). The van der Waals surface area contributed by atoms with Crippen molar-refractivity contribution in [2.24, 2.45) is 0 Å². The van der Waals surface area contributed by atoms with Crippen molar-refractivity contribution in [3.8, 4) is 0 Å². The predicted molar refractivity (Wildman–Crippen MR) is 77.0 cm³/mol. The number of nitrogens with zero attached hydrogens (tertiary/aromatic N) is 1. The summed E-state index contributed by atoms with van der Waals surface area (Å²) in [5, 5.41) is 0. The molecule has 1 aliphatic carbocycles. The Morgan fingerprint density at radius 3 is 2.44 bits per heavy atom. The molecule has 1 heteroatoms. The van der Waals surface area contributed by atoms with Gasteiger partial charge in [0.1, 0.15) is 0 Å². The fourth-order valence-corrected chi connectivity index (χ4v) is 2.65. The van der Waals surface area contributed by atoms with E-state index in [0.29, 0.717) is 5.92 Å². The Labute approximate surface area is 110 Å². The second kappa shape index (κ2) is 5.81. The van der Waals surface area contributed by atoms with Gasteiger partial charge in [0.05, 0.1) is 5.69 Å². The third-order valence-electron chi connectivity index (χ3n) is 3.52. The highest BCUT2D eigenvalue weighted by Crippen LogP contribution is 2.31. The molecule has 1 aromatic heterocycles. The van der Waals surface area contributed by atoms with Gasteiger partial charge in [0.15, 0.2) is 0 Å². The first kappa shape index (κ1) is 12.8. The largest absolute Gasteiger partial charge is 0.260 e. The van der Waals surface area contributed by atoms with E-state index >= 15 is 0 Å². The maximum atomic E-state index is 4.56. The molecule has 1 heterocycles. The molecular weight excluding hydrogens is 218 g/mol. The topological polar surface area (TPSA) is 12.9 Å². The van der Waals surface area contributed by atoms with Gasteiger partial charge in [-0.05, 0) is 35.6 Å². The van der Waals surface area contributed by atoms with Crippen molar-refractivity contribution in [3.05, 3.63) is 65.0 Å². The average Bonchev–Trinajstić information content (AvgIpc) is 2.60. The third kappa shape index (κ3) is 2.31. The van der Waals surface area contributed by atoms with Crippen LogP contribution in [-0.4, -0.2) is 4.98 Å². The smallest absolute Gasteiger partial charge is 0.0507 e. The second-order valence-corrected chi connectivity index (χ2v) is 4.47. The molecule has 0 N–H and O–H groups in total. The molecule has 0 fully saturated rings. The fourth-order valence-electron chi connectivity index (χ4n) is 2.65. The van der Waals surface area contributed by atoms with Crippen LogP contribution in [0.15, 0.2) is 42.6 Å². The summed E-state index contributed by atoms with van der Waals surface area (Å²) >= 11 is 0. The van der Waals surface area contributed by atoms with Crippen LogP contribution in [-0.2, 0) is 12.8 Å². The summed E-state index contributed by atoms with van der Waals surface area (Å²) < 4.78 is 0. The number of fused-ring (bicyclic) bond motifs is 2. The number of aromatic nitrogens is 1. The molecule has 94 valence electrons. The molecular formula is C17H21N. The first-order valence-electron chi connectivity index (χ1n) is 6.88. The molecule has 0 amide bonds. The second-order valence-electron chi connectivity index (χ2n) is 4.47. The Morgan fingerprint density at radius 2 is 1.61 bits per heavy atom. The van der Waals surface area contributed by atoms with Crippen molar-refractivity contribution >= 4 is 0 Å². The number of pyridine rings is 1. The van der Waals surface area contributed by atoms with E-state index in [4.69, 9.17) is 0 Å². The monoisotopic (exact) mass is 239 g/mol. The van der Waals surface area contributed by atoms with Crippen LogP contribution in [0.2, 0.25) is 0 Å². The maximum absolute atomic E-state index is 4.56. The molecule has 2 aromatic rings. The summed E-state index contributed by atoms with van der Waals surface area (Å²) in [5.74, 6) is 0.426. The summed E-state index contributed by atoms with van der Waals surface area (Å²) in [6, 6.07) is 13.0. The lowest BCUT2D eigenvalue weighted by atomic mass is 9.93. The minimum atomic E-state index is 0.426. The van der Waals surface area contributed by atoms with Gasteiger partial charge >= 0.3 is 0 Å². The van der Waals surface area contributed by atoms with Gasteiger partial charge in [-0.3, -0.25) is 4.98 Å². The molecule has 0 aliphatic heterocycles. The molecule has 0 bridgehead atoms. The van der Waals surface area contributed by atoms with Gasteiger partial charge in [0.25, 0.3) is 0 Å². The van der Waals surface area contributed by atoms with Gasteiger partial charge in [-0.2, -0.15) is 0 Å². The zero-order chi connectivity index (χ0) is 13.0. The first-order valence-corrected chi connectivity index (χ1v) is 6.88. The van der Waals surface area contributed by atoms with E-state index in [0.717, 1.165) is 12.8 Å². The minimum absolute atomic E-state index is 0.426. The highest BCUT2D eigenvalue weighted by atomic mass is 14.7. The summed E-state index contributed by atoms with van der Waals surface area (Å²) in [4.78, 5) is 4.56. The van der Waals surface area contributed by atoms with E-state index in [-0.39, 0.29) is 0 Å². The van der Waals surface area contributed by atoms with Gasteiger partial charge in [0.2, 0.25) is 0 Å². The van der Waals surface area contributed by atoms with Crippen molar-refractivity contribution in [1.82, 2.24) is 4.98 Å². The molecule has 1 atom stereocenters.